The molecular formula is C9H12N6. The third kappa shape index (κ3) is 2.04. The van der Waals surface area contributed by atoms with Gasteiger partial charge in [-0.3, -0.25) is 0 Å². The van der Waals surface area contributed by atoms with E-state index in [1.54, 1.807) is 0 Å². The SMILES string of the molecule is CC1=C(Nc2nc(N)nc(N)n2)C=CC1. The summed E-state index contributed by atoms with van der Waals surface area (Å²) in [5.74, 6) is 0.608. The minimum atomic E-state index is 0.116. The minimum absolute atomic E-state index is 0.116. The number of aromatic nitrogens is 3. The van der Waals surface area contributed by atoms with Gasteiger partial charge in [-0.1, -0.05) is 6.08 Å². The minimum Gasteiger partial charge on any atom is -0.368 e. The van der Waals surface area contributed by atoms with Crippen molar-refractivity contribution in [1.82, 2.24) is 15.0 Å². The van der Waals surface area contributed by atoms with Crippen molar-refractivity contribution < 1.29 is 0 Å². The molecule has 0 bridgehead atoms. The first-order valence-electron chi connectivity index (χ1n) is 4.55. The van der Waals surface area contributed by atoms with Gasteiger partial charge in [0.1, 0.15) is 0 Å². The molecular weight excluding hydrogens is 192 g/mol. The molecule has 1 aromatic rings. The van der Waals surface area contributed by atoms with E-state index in [1.807, 2.05) is 13.0 Å². The van der Waals surface area contributed by atoms with Gasteiger partial charge in [0.25, 0.3) is 0 Å². The molecule has 1 aliphatic rings. The molecule has 0 radical (unpaired) electrons. The number of anilines is 3. The zero-order valence-electron chi connectivity index (χ0n) is 8.36. The molecule has 0 unspecified atom stereocenters. The molecule has 0 aromatic carbocycles. The first-order chi connectivity index (χ1) is 7.15. The number of rotatable bonds is 2. The van der Waals surface area contributed by atoms with Crippen LogP contribution < -0.4 is 16.8 Å². The van der Waals surface area contributed by atoms with Crippen molar-refractivity contribution >= 4 is 17.8 Å². The molecule has 1 aromatic heterocycles. The molecule has 0 saturated carbocycles. The quantitative estimate of drug-likeness (QED) is 0.654. The fourth-order valence-electron chi connectivity index (χ4n) is 1.34. The van der Waals surface area contributed by atoms with Crippen LogP contribution in [-0.4, -0.2) is 15.0 Å². The van der Waals surface area contributed by atoms with Gasteiger partial charge in [0.05, 0.1) is 0 Å². The zero-order valence-corrected chi connectivity index (χ0v) is 8.36. The monoisotopic (exact) mass is 204 g/mol. The summed E-state index contributed by atoms with van der Waals surface area (Å²) in [6, 6.07) is 0. The number of hydrogen-bond acceptors (Lipinski definition) is 6. The highest BCUT2D eigenvalue weighted by molar-refractivity contribution is 5.48. The Kier molecular flexibility index (Phi) is 2.24. The summed E-state index contributed by atoms with van der Waals surface area (Å²) >= 11 is 0. The topological polar surface area (TPSA) is 103 Å². The molecule has 0 aliphatic heterocycles. The maximum absolute atomic E-state index is 5.45. The van der Waals surface area contributed by atoms with E-state index < -0.39 is 0 Å². The lowest BCUT2D eigenvalue weighted by Crippen LogP contribution is -2.08. The molecule has 0 fully saturated rings. The van der Waals surface area contributed by atoms with Gasteiger partial charge >= 0.3 is 0 Å². The molecule has 1 heterocycles. The van der Waals surface area contributed by atoms with Gasteiger partial charge in [0.15, 0.2) is 0 Å². The number of nitrogens with one attached hydrogen (secondary N) is 1. The Morgan fingerprint density at radius 3 is 2.40 bits per heavy atom. The fraction of sp³-hybridized carbons (Fsp3) is 0.222. The fourth-order valence-corrected chi connectivity index (χ4v) is 1.34. The Morgan fingerprint density at radius 2 is 1.87 bits per heavy atom. The molecule has 6 heteroatoms. The Morgan fingerprint density at radius 1 is 1.20 bits per heavy atom. The summed E-state index contributed by atoms with van der Waals surface area (Å²) in [5, 5.41) is 3.04. The highest BCUT2D eigenvalue weighted by Crippen LogP contribution is 2.19. The molecule has 2 rings (SSSR count). The normalized spacial score (nSPS) is 14.7. The maximum atomic E-state index is 5.45. The van der Waals surface area contributed by atoms with Crippen molar-refractivity contribution in [2.45, 2.75) is 13.3 Å². The van der Waals surface area contributed by atoms with Crippen LogP contribution in [0.4, 0.5) is 17.8 Å². The van der Waals surface area contributed by atoms with Crippen LogP contribution in [0.25, 0.3) is 0 Å². The van der Waals surface area contributed by atoms with Gasteiger partial charge in [0.2, 0.25) is 17.8 Å². The van der Waals surface area contributed by atoms with Crippen molar-refractivity contribution in [3.63, 3.8) is 0 Å². The molecule has 0 spiro atoms. The van der Waals surface area contributed by atoms with Crippen molar-refractivity contribution in [2.75, 3.05) is 16.8 Å². The van der Waals surface area contributed by atoms with E-state index in [0.29, 0.717) is 5.95 Å². The van der Waals surface area contributed by atoms with Crippen LogP contribution >= 0.6 is 0 Å². The molecule has 78 valence electrons. The van der Waals surface area contributed by atoms with Crippen LogP contribution in [0.2, 0.25) is 0 Å². The maximum Gasteiger partial charge on any atom is 0.233 e. The predicted octanol–water partition coefficient (Wildman–Crippen LogP) is 0.682. The Hall–Kier alpha value is -2.11. The number of allylic oxidation sites excluding steroid dienone is 3. The van der Waals surface area contributed by atoms with Crippen LogP contribution in [-0.2, 0) is 0 Å². The van der Waals surface area contributed by atoms with Crippen LogP contribution in [0.15, 0.2) is 23.4 Å². The van der Waals surface area contributed by atoms with Crippen molar-refractivity contribution in [3.8, 4) is 0 Å². The van der Waals surface area contributed by atoms with Crippen LogP contribution in [0.1, 0.15) is 13.3 Å². The Balaban J connectivity index is 2.24. The van der Waals surface area contributed by atoms with Gasteiger partial charge in [-0.25, -0.2) is 0 Å². The average molecular weight is 204 g/mol. The molecule has 6 nitrogen and oxygen atoms in total. The van der Waals surface area contributed by atoms with Crippen LogP contribution in [0.3, 0.4) is 0 Å². The second-order valence-corrected chi connectivity index (χ2v) is 3.30. The second-order valence-electron chi connectivity index (χ2n) is 3.30. The summed E-state index contributed by atoms with van der Waals surface area (Å²) in [5.41, 5.74) is 13.1. The second kappa shape index (κ2) is 3.56. The van der Waals surface area contributed by atoms with Crippen molar-refractivity contribution in [2.24, 2.45) is 0 Å². The van der Waals surface area contributed by atoms with Gasteiger partial charge in [-0.05, 0) is 25.0 Å². The summed E-state index contributed by atoms with van der Waals surface area (Å²) in [4.78, 5) is 11.5. The summed E-state index contributed by atoms with van der Waals surface area (Å²) < 4.78 is 0. The van der Waals surface area contributed by atoms with Crippen LogP contribution in [0, 0.1) is 0 Å². The largest absolute Gasteiger partial charge is 0.368 e. The van der Waals surface area contributed by atoms with Crippen molar-refractivity contribution in [1.29, 1.82) is 0 Å². The molecule has 0 saturated heterocycles. The van der Waals surface area contributed by atoms with E-state index in [1.165, 1.54) is 5.57 Å². The van der Waals surface area contributed by atoms with E-state index in [0.717, 1.165) is 12.1 Å². The highest BCUT2D eigenvalue weighted by atomic mass is 15.2. The lowest BCUT2D eigenvalue weighted by atomic mass is 10.2. The number of nitrogens with two attached hydrogens (primary N) is 2. The first-order valence-corrected chi connectivity index (χ1v) is 4.55. The van der Waals surface area contributed by atoms with Gasteiger partial charge < -0.3 is 16.8 Å². The third-order valence-corrected chi connectivity index (χ3v) is 2.08. The molecule has 0 amide bonds. The standard InChI is InChI=1S/C9H12N6/c1-5-3-2-4-6(5)12-9-14-7(10)13-8(11)15-9/h2,4H,3H2,1H3,(H5,10,11,12,13,14,15). The van der Waals surface area contributed by atoms with Crippen molar-refractivity contribution in [3.05, 3.63) is 23.4 Å². The molecule has 15 heavy (non-hydrogen) atoms. The van der Waals surface area contributed by atoms with Gasteiger partial charge in [-0.2, -0.15) is 15.0 Å². The molecule has 0 atom stereocenters. The first kappa shape index (κ1) is 9.45. The van der Waals surface area contributed by atoms with E-state index in [-0.39, 0.29) is 11.9 Å². The number of nitrogens with zero attached hydrogens (tertiary/aromatic N) is 3. The van der Waals surface area contributed by atoms with E-state index in [9.17, 15) is 0 Å². The Labute approximate surface area is 87.1 Å². The zero-order chi connectivity index (χ0) is 10.8. The van der Waals surface area contributed by atoms with Gasteiger partial charge in [-0.15, -0.1) is 0 Å². The molecule has 1 aliphatic carbocycles. The summed E-state index contributed by atoms with van der Waals surface area (Å²) in [6.07, 6.45) is 4.98. The lowest BCUT2D eigenvalue weighted by Gasteiger charge is -2.06. The predicted molar refractivity (Wildman–Crippen MR) is 58.7 cm³/mol. The highest BCUT2D eigenvalue weighted by Gasteiger charge is 2.07. The van der Waals surface area contributed by atoms with E-state index in [2.05, 4.69) is 26.3 Å². The Bertz CT molecular complexity index is 428. The number of nitrogen functional groups attached to an aromatic ring is 2. The van der Waals surface area contributed by atoms with Gasteiger partial charge in [0, 0.05) is 5.70 Å². The van der Waals surface area contributed by atoms with E-state index >= 15 is 0 Å². The smallest absolute Gasteiger partial charge is 0.233 e. The average Bonchev–Trinajstić information content (AvgIpc) is 2.50. The van der Waals surface area contributed by atoms with E-state index in [4.69, 9.17) is 11.5 Å². The number of hydrogen-bond donors (Lipinski definition) is 3. The third-order valence-electron chi connectivity index (χ3n) is 2.08. The lowest BCUT2D eigenvalue weighted by molar-refractivity contribution is 1.07. The summed E-state index contributed by atoms with van der Waals surface area (Å²) in [6.45, 7) is 2.04. The summed E-state index contributed by atoms with van der Waals surface area (Å²) in [7, 11) is 0. The molecule has 5 N–H and O–H groups in total. The van der Waals surface area contributed by atoms with Crippen LogP contribution in [0.5, 0.6) is 0 Å².